The molecule has 1 amide bonds. The van der Waals surface area contributed by atoms with Gasteiger partial charge in [-0.25, -0.2) is 9.78 Å². The quantitative estimate of drug-likeness (QED) is 0.344. The molecule has 10 nitrogen and oxygen atoms in total. The summed E-state index contributed by atoms with van der Waals surface area (Å²) in [6.07, 6.45) is 2.23. The van der Waals surface area contributed by atoms with Crippen LogP contribution in [0.5, 0.6) is 5.75 Å². The highest BCUT2D eigenvalue weighted by atomic mass is 16.5. The van der Waals surface area contributed by atoms with Gasteiger partial charge in [0.05, 0.1) is 43.4 Å². The summed E-state index contributed by atoms with van der Waals surface area (Å²) in [5, 5.41) is 16.9. The molecule has 0 aliphatic heterocycles. The van der Waals surface area contributed by atoms with Crippen LogP contribution >= 0.6 is 0 Å². The van der Waals surface area contributed by atoms with Gasteiger partial charge in [0, 0.05) is 19.0 Å². The van der Waals surface area contributed by atoms with Crippen molar-refractivity contribution in [2.24, 2.45) is 0 Å². The van der Waals surface area contributed by atoms with Crippen LogP contribution < -0.4 is 15.4 Å². The van der Waals surface area contributed by atoms with Gasteiger partial charge in [-0.05, 0) is 51.0 Å². The average molecular weight is 499 g/mol. The monoisotopic (exact) mass is 498 g/mol. The molecule has 2 aromatic heterocycles. The lowest BCUT2D eigenvalue weighted by atomic mass is 10.0. The number of carbonyl (C=O) groups excluding carboxylic acids is 2. The lowest BCUT2D eigenvalue weighted by Crippen LogP contribution is -2.39. The number of amides is 1. The van der Waals surface area contributed by atoms with Crippen LogP contribution in [-0.4, -0.2) is 66.1 Å². The maximum atomic E-state index is 12.9. The van der Waals surface area contributed by atoms with E-state index in [-0.39, 0.29) is 18.3 Å². The molecule has 0 radical (unpaired) electrons. The Morgan fingerprint density at radius 1 is 1.17 bits per heavy atom. The fraction of sp³-hybridized carbons (Fsp3) is 0.423. The van der Waals surface area contributed by atoms with Crippen molar-refractivity contribution >= 4 is 34.3 Å². The molecule has 194 valence electrons. The van der Waals surface area contributed by atoms with Gasteiger partial charge in [0.2, 0.25) is 5.91 Å². The van der Waals surface area contributed by atoms with Gasteiger partial charge >= 0.3 is 5.97 Å². The molecule has 0 fully saturated rings. The van der Waals surface area contributed by atoms with Crippen molar-refractivity contribution in [1.29, 1.82) is 0 Å². The summed E-state index contributed by atoms with van der Waals surface area (Å²) in [5.41, 5.74) is 1.68. The summed E-state index contributed by atoms with van der Waals surface area (Å²) in [4.78, 5) is 30.0. The first-order valence-electron chi connectivity index (χ1n) is 11.6. The van der Waals surface area contributed by atoms with E-state index < -0.39 is 17.5 Å². The molecule has 0 saturated carbocycles. The van der Waals surface area contributed by atoms with Gasteiger partial charge in [0.25, 0.3) is 0 Å². The summed E-state index contributed by atoms with van der Waals surface area (Å²) in [6.45, 7) is 5.49. The topological polar surface area (TPSA) is 124 Å². The summed E-state index contributed by atoms with van der Waals surface area (Å²) in [7, 11) is 4.32. The molecular weight excluding hydrogens is 464 g/mol. The van der Waals surface area contributed by atoms with Gasteiger partial charge in [-0.2, -0.15) is 0 Å². The molecule has 0 saturated heterocycles. The summed E-state index contributed by atoms with van der Waals surface area (Å²) in [5.74, 6) is -0.263. The maximum absolute atomic E-state index is 12.9. The second-order valence-corrected chi connectivity index (χ2v) is 9.06. The fourth-order valence-corrected chi connectivity index (χ4v) is 3.72. The third-order valence-electron chi connectivity index (χ3n) is 6.04. The molecule has 2 heterocycles. The second-order valence-electron chi connectivity index (χ2n) is 9.06. The van der Waals surface area contributed by atoms with E-state index >= 15 is 0 Å². The van der Waals surface area contributed by atoms with Crippen molar-refractivity contribution in [2.75, 3.05) is 38.6 Å². The number of benzene rings is 1. The Balaban J connectivity index is 2.10. The number of carbonyl (C=O) groups is 2. The van der Waals surface area contributed by atoms with Gasteiger partial charge in [0.1, 0.15) is 18.0 Å². The number of anilines is 2. The largest absolute Gasteiger partial charge is 0.497 e. The van der Waals surface area contributed by atoms with E-state index in [4.69, 9.17) is 14.2 Å². The predicted octanol–water partition coefficient (Wildman–Crippen LogP) is 3.23. The number of pyridine rings is 1. The number of fused-ring (bicyclic) bond motifs is 1. The summed E-state index contributed by atoms with van der Waals surface area (Å²) >= 11 is 0. The van der Waals surface area contributed by atoms with Crippen LogP contribution in [0.4, 0.5) is 11.4 Å². The van der Waals surface area contributed by atoms with Gasteiger partial charge in [0.15, 0.2) is 5.69 Å². The summed E-state index contributed by atoms with van der Waals surface area (Å²) in [6, 6.07) is 9.17. The Labute approximate surface area is 210 Å². The number of nitrogens with zero attached hydrogens (tertiary/aromatic N) is 2. The second kappa shape index (κ2) is 11.4. The highest BCUT2D eigenvalue weighted by molar-refractivity contribution is 6.11. The Morgan fingerprint density at radius 2 is 1.86 bits per heavy atom. The van der Waals surface area contributed by atoms with Crippen molar-refractivity contribution in [3.8, 4) is 5.75 Å². The molecular formula is C26H34N4O6. The number of nitrogens with one attached hydrogen (secondary N) is 2. The van der Waals surface area contributed by atoms with Crippen molar-refractivity contribution in [2.45, 2.75) is 45.4 Å². The number of hydrogen-bond acceptors (Lipinski definition) is 8. The average Bonchev–Trinajstić information content (AvgIpc) is 3.14. The number of methoxy groups -OCH3 is 3. The van der Waals surface area contributed by atoms with Crippen LogP contribution in [0, 0.1) is 0 Å². The number of aliphatic hydroxyl groups is 1. The minimum Gasteiger partial charge on any atom is -0.497 e. The lowest BCUT2D eigenvalue weighted by molar-refractivity contribution is -0.119. The zero-order valence-electron chi connectivity index (χ0n) is 21.5. The minimum atomic E-state index is -0.980. The highest BCUT2D eigenvalue weighted by Crippen LogP contribution is 2.33. The van der Waals surface area contributed by atoms with Crippen molar-refractivity contribution in [3.63, 3.8) is 0 Å². The molecule has 36 heavy (non-hydrogen) atoms. The SMILES string of the molecule is COCC(=O)Nc1c(C(=O)OC)n(CCc2ccc(OC)cc2)c2ncc(N[C@H](C)C(C)(C)O)cc12. The Bertz CT molecular complexity index is 1210. The first-order chi connectivity index (χ1) is 17.1. The molecule has 3 rings (SSSR count). The smallest absolute Gasteiger partial charge is 0.356 e. The molecule has 0 aliphatic carbocycles. The van der Waals surface area contributed by atoms with E-state index in [1.807, 2.05) is 31.2 Å². The predicted molar refractivity (Wildman–Crippen MR) is 138 cm³/mol. The Hall–Kier alpha value is -3.63. The third-order valence-corrected chi connectivity index (χ3v) is 6.04. The maximum Gasteiger partial charge on any atom is 0.356 e. The van der Waals surface area contributed by atoms with Crippen LogP contribution in [-0.2, 0) is 27.2 Å². The van der Waals surface area contributed by atoms with Gasteiger partial charge in [-0.1, -0.05) is 12.1 Å². The number of aromatic nitrogens is 2. The minimum absolute atomic E-state index is 0.180. The number of esters is 1. The van der Waals surface area contributed by atoms with E-state index in [1.165, 1.54) is 14.2 Å². The normalized spacial score (nSPS) is 12.3. The third kappa shape index (κ3) is 6.13. The van der Waals surface area contributed by atoms with Gasteiger partial charge < -0.3 is 34.5 Å². The van der Waals surface area contributed by atoms with Crippen molar-refractivity contribution < 1.29 is 28.9 Å². The molecule has 10 heteroatoms. The zero-order chi connectivity index (χ0) is 26.5. The highest BCUT2D eigenvalue weighted by Gasteiger charge is 2.27. The van der Waals surface area contributed by atoms with E-state index in [1.54, 1.807) is 37.8 Å². The van der Waals surface area contributed by atoms with Gasteiger partial charge in [-0.15, -0.1) is 0 Å². The van der Waals surface area contributed by atoms with E-state index in [9.17, 15) is 14.7 Å². The summed E-state index contributed by atoms with van der Waals surface area (Å²) < 4.78 is 17.0. The number of hydrogen-bond donors (Lipinski definition) is 3. The van der Waals surface area contributed by atoms with Crippen LogP contribution in [0.3, 0.4) is 0 Å². The molecule has 1 aromatic carbocycles. The van der Waals surface area contributed by atoms with Crippen molar-refractivity contribution in [1.82, 2.24) is 9.55 Å². The molecule has 0 bridgehead atoms. The van der Waals surface area contributed by atoms with E-state index in [0.29, 0.717) is 35.4 Å². The van der Waals surface area contributed by atoms with E-state index in [2.05, 4.69) is 15.6 Å². The Kier molecular flexibility index (Phi) is 8.54. The van der Waals surface area contributed by atoms with Crippen LogP contribution in [0.2, 0.25) is 0 Å². The molecule has 0 aliphatic rings. The number of ether oxygens (including phenoxy) is 3. The van der Waals surface area contributed by atoms with Crippen LogP contribution in [0.1, 0.15) is 36.8 Å². The fourth-order valence-electron chi connectivity index (χ4n) is 3.72. The van der Waals surface area contributed by atoms with Gasteiger partial charge in [-0.3, -0.25) is 4.79 Å². The molecule has 0 unspecified atom stereocenters. The molecule has 3 N–H and O–H groups in total. The van der Waals surface area contributed by atoms with Crippen LogP contribution in [0.25, 0.3) is 11.0 Å². The van der Waals surface area contributed by atoms with Crippen LogP contribution in [0.15, 0.2) is 36.5 Å². The Morgan fingerprint density at radius 3 is 2.44 bits per heavy atom. The number of rotatable bonds is 11. The first-order valence-corrected chi connectivity index (χ1v) is 11.6. The molecule has 3 aromatic rings. The lowest BCUT2D eigenvalue weighted by Gasteiger charge is -2.27. The van der Waals surface area contributed by atoms with Crippen molar-refractivity contribution in [3.05, 3.63) is 47.8 Å². The zero-order valence-corrected chi connectivity index (χ0v) is 21.5. The molecule has 1 atom stereocenters. The molecule has 0 spiro atoms. The number of aryl methyl sites for hydroxylation is 2. The standard InChI is InChI=1S/C26H34N4O6/c1-16(26(2,3)33)28-18-13-20-22(29-21(31)15-34-4)23(25(32)36-6)30(24(20)27-14-18)12-11-17-7-9-19(35-5)10-8-17/h7-10,13-14,16,28,33H,11-12,15H2,1-6H3,(H,29,31)/t16-/m1/s1. The first kappa shape index (κ1) is 27.0. The van der Waals surface area contributed by atoms with E-state index in [0.717, 1.165) is 11.3 Å².